The van der Waals surface area contributed by atoms with Gasteiger partial charge in [-0.3, -0.25) is 4.79 Å². The zero-order chi connectivity index (χ0) is 20.8. The number of rotatable bonds is 4. The van der Waals surface area contributed by atoms with Gasteiger partial charge in [0.1, 0.15) is 10.0 Å². The van der Waals surface area contributed by atoms with Crippen LogP contribution < -0.4 is 10.5 Å². The summed E-state index contributed by atoms with van der Waals surface area (Å²) >= 11 is 1.01. The van der Waals surface area contributed by atoms with Crippen LogP contribution >= 0.6 is 11.3 Å². The van der Waals surface area contributed by atoms with Crippen LogP contribution in [0, 0.1) is 5.82 Å². The van der Waals surface area contributed by atoms with Gasteiger partial charge >= 0.3 is 0 Å². The van der Waals surface area contributed by atoms with Gasteiger partial charge in [0.25, 0.3) is 5.56 Å². The third-order valence-corrected chi connectivity index (χ3v) is 8.27. The predicted octanol–water partition coefficient (Wildman–Crippen LogP) is 1.63. The van der Waals surface area contributed by atoms with Crippen molar-refractivity contribution in [1.29, 1.82) is 0 Å². The summed E-state index contributed by atoms with van der Waals surface area (Å²) in [5.74, 6) is -1.26. The monoisotopic (exact) mass is 438 g/mol. The van der Waals surface area contributed by atoms with Crippen molar-refractivity contribution in [3.8, 4) is 0 Å². The van der Waals surface area contributed by atoms with Crippen LogP contribution in [0.5, 0.6) is 0 Å². The predicted molar refractivity (Wildman–Crippen MR) is 109 cm³/mol. The molecule has 0 radical (unpaired) electrons. The lowest BCUT2D eigenvalue weighted by Gasteiger charge is -2.33. The number of hydrogen-bond acceptors (Lipinski definition) is 7. The number of β-amino-alcohol motifs (C(OH)–C–C–N with tert-alkyl or cyclic N) is 2. The molecule has 7 nitrogen and oxygen atoms in total. The van der Waals surface area contributed by atoms with Crippen molar-refractivity contribution in [2.45, 2.75) is 28.6 Å². The van der Waals surface area contributed by atoms with Gasteiger partial charge in [0, 0.05) is 36.7 Å². The minimum Gasteiger partial charge on any atom is -0.391 e. The number of thiophene rings is 1. The van der Waals surface area contributed by atoms with E-state index in [1.54, 1.807) is 17.0 Å². The van der Waals surface area contributed by atoms with Crippen molar-refractivity contribution in [1.82, 2.24) is 4.98 Å². The Morgan fingerprint density at radius 2 is 1.90 bits per heavy atom. The molecule has 1 saturated heterocycles. The number of anilines is 1. The summed E-state index contributed by atoms with van der Waals surface area (Å²) in [6, 6.07) is 7.03. The number of sulfone groups is 1. The molecule has 29 heavy (non-hydrogen) atoms. The highest BCUT2D eigenvalue weighted by Gasteiger charge is 2.27. The van der Waals surface area contributed by atoms with Gasteiger partial charge < -0.3 is 20.1 Å². The third-order valence-electron chi connectivity index (χ3n) is 4.88. The Hall–Kier alpha value is -2.27. The number of benzene rings is 1. The molecule has 0 amide bonds. The first kappa shape index (κ1) is 20.0. The SMILES string of the molecule is O=c1[nH]ccc2cc(F)c(CS(=O)(=O)c3ccc(N4C[C@H](O)C[C@H](O)C4)s3)cc12. The second-order valence-corrected chi connectivity index (χ2v) is 10.4. The van der Waals surface area contributed by atoms with Gasteiger partial charge in [0.15, 0.2) is 9.84 Å². The number of fused-ring (bicyclic) bond motifs is 1. The number of nitrogens with zero attached hydrogens (tertiary/aromatic N) is 1. The molecule has 2 aromatic heterocycles. The summed E-state index contributed by atoms with van der Waals surface area (Å²) in [4.78, 5) is 16.2. The molecule has 2 atom stereocenters. The van der Waals surface area contributed by atoms with Crippen LogP contribution in [-0.2, 0) is 15.6 Å². The van der Waals surface area contributed by atoms with Crippen LogP contribution in [0.3, 0.4) is 0 Å². The maximum atomic E-state index is 14.4. The first-order valence-electron chi connectivity index (χ1n) is 8.96. The second kappa shape index (κ2) is 7.52. The maximum absolute atomic E-state index is 14.4. The van der Waals surface area contributed by atoms with E-state index >= 15 is 0 Å². The lowest BCUT2D eigenvalue weighted by molar-refractivity contribution is 0.0654. The molecule has 3 N–H and O–H groups in total. The Bertz CT molecular complexity index is 1210. The smallest absolute Gasteiger partial charge is 0.255 e. The van der Waals surface area contributed by atoms with Gasteiger partial charge in [-0.1, -0.05) is 0 Å². The molecule has 0 bridgehead atoms. The maximum Gasteiger partial charge on any atom is 0.255 e. The molecule has 0 spiro atoms. The molecular formula is C19H19FN2O5S2. The van der Waals surface area contributed by atoms with Gasteiger partial charge in [-0.15, -0.1) is 11.3 Å². The summed E-state index contributed by atoms with van der Waals surface area (Å²) in [6.45, 7) is 0.609. The normalized spacial score (nSPS) is 20.3. The summed E-state index contributed by atoms with van der Waals surface area (Å²) in [5.41, 5.74) is -0.491. The zero-order valence-corrected chi connectivity index (χ0v) is 16.8. The minimum absolute atomic E-state index is 0.0588. The molecule has 1 aliphatic rings. The van der Waals surface area contributed by atoms with E-state index in [1.807, 2.05) is 0 Å². The number of hydrogen-bond donors (Lipinski definition) is 3. The topological polar surface area (TPSA) is 111 Å². The van der Waals surface area contributed by atoms with E-state index < -0.39 is 39.2 Å². The van der Waals surface area contributed by atoms with Crippen LogP contribution in [0.4, 0.5) is 9.39 Å². The number of aliphatic hydroxyl groups is 2. The summed E-state index contributed by atoms with van der Waals surface area (Å²) in [6.07, 6.45) is 0.312. The molecule has 3 aromatic rings. The molecular weight excluding hydrogens is 419 g/mol. The molecule has 0 aliphatic carbocycles. The molecule has 0 unspecified atom stereocenters. The van der Waals surface area contributed by atoms with E-state index in [4.69, 9.17) is 0 Å². The van der Waals surface area contributed by atoms with Gasteiger partial charge in [0.2, 0.25) is 0 Å². The van der Waals surface area contributed by atoms with E-state index in [0.717, 1.165) is 17.4 Å². The number of halogens is 1. The number of aliphatic hydroxyl groups excluding tert-OH is 2. The highest BCUT2D eigenvalue weighted by molar-refractivity contribution is 7.92. The van der Waals surface area contributed by atoms with Gasteiger partial charge in [-0.05, 0) is 35.7 Å². The molecule has 10 heteroatoms. The van der Waals surface area contributed by atoms with Gasteiger partial charge in [-0.25, -0.2) is 12.8 Å². The van der Waals surface area contributed by atoms with Crippen LogP contribution in [-0.4, -0.2) is 48.9 Å². The van der Waals surface area contributed by atoms with Crippen LogP contribution in [0.2, 0.25) is 0 Å². The average Bonchev–Trinajstić information content (AvgIpc) is 3.13. The van der Waals surface area contributed by atoms with E-state index in [9.17, 15) is 27.8 Å². The second-order valence-electron chi connectivity index (χ2n) is 7.14. The minimum atomic E-state index is -3.85. The highest BCUT2D eigenvalue weighted by Crippen LogP contribution is 2.33. The molecule has 1 aromatic carbocycles. The molecule has 0 saturated carbocycles. The number of aromatic amines is 1. The first-order chi connectivity index (χ1) is 13.7. The standard InChI is InChI=1S/C19H19FN2O5S2/c20-16-6-11-3-4-21-19(25)15(11)5-12(16)10-29(26,27)18-2-1-17(28-18)22-8-13(23)7-14(24)9-22/h1-6,13-14,23-24H,7-10H2,(H,21,25)/t13-,14+. The molecule has 4 rings (SSSR count). The van der Waals surface area contributed by atoms with E-state index in [1.165, 1.54) is 18.3 Å². The highest BCUT2D eigenvalue weighted by atomic mass is 32.2. The van der Waals surface area contributed by atoms with Crippen molar-refractivity contribution in [3.05, 3.63) is 58.3 Å². The van der Waals surface area contributed by atoms with Gasteiger partial charge in [-0.2, -0.15) is 0 Å². The van der Waals surface area contributed by atoms with Crippen molar-refractivity contribution >= 4 is 36.9 Å². The fourth-order valence-corrected chi connectivity index (χ4v) is 6.26. The van der Waals surface area contributed by atoms with Crippen molar-refractivity contribution in [3.63, 3.8) is 0 Å². The Morgan fingerprint density at radius 3 is 2.62 bits per heavy atom. The zero-order valence-electron chi connectivity index (χ0n) is 15.2. The summed E-state index contributed by atoms with van der Waals surface area (Å²) in [5, 5.41) is 20.9. The van der Waals surface area contributed by atoms with Crippen LogP contribution in [0.25, 0.3) is 10.8 Å². The fraction of sp³-hybridized carbons (Fsp3) is 0.316. The number of nitrogens with one attached hydrogen (secondary N) is 1. The number of H-pyrrole nitrogens is 1. The van der Waals surface area contributed by atoms with Crippen molar-refractivity contribution < 1.29 is 23.0 Å². The number of pyridine rings is 1. The van der Waals surface area contributed by atoms with E-state index in [2.05, 4.69) is 4.98 Å². The van der Waals surface area contributed by atoms with Crippen molar-refractivity contribution in [2.75, 3.05) is 18.0 Å². The van der Waals surface area contributed by atoms with Gasteiger partial charge in [0.05, 0.1) is 23.0 Å². The Morgan fingerprint density at radius 1 is 1.17 bits per heavy atom. The Balaban J connectivity index is 1.62. The van der Waals surface area contributed by atoms with Crippen LogP contribution in [0.15, 0.2) is 45.5 Å². The third kappa shape index (κ3) is 4.06. The largest absolute Gasteiger partial charge is 0.391 e. The molecule has 154 valence electrons. The van der Waals surface area contributed by atoms with E-state index in [-0.39, 0.29) is 21.6 Å². The van der Waals surface area contributed by atoms with E-state index in [0.29, 0.717) is 23.5 Å². The van der Waals surface area contributed by atoms with Crippen LogP contribution in [0.1, 0.15) is 12.0 Å². The fourth-order valence-electron chi connectivity index (χ4n) is 3.51. The average molecular weight is 439 g/mol. The number of aromatic nitrogens is 1. The molecule has 3 heterocycles. The number of piperidine rings is 1. The quantitative estimate of drug-likeness (QED) is 0.571. The Kier molecular flexibility index (Phi) is 5.19. The summed E-state index contributed by atoms with van der Waals surface area (Å²) < 4.78 is 40.2. The van der Waals surface area contributed by atoms with Crippen molar-refractivity contribution in [2.24, 2.45) is 0 Å². The molecule has 1 fully saturated rings. The lowest BCUT2D eigenvalue weighted by atomic mass is 10.1. The molecule has 1 aliphatic heterocycles. The summed E-state index contributed by atoms with van der Waals surface area (Å²) in [7, 11) is -3.85. The Labute approximate surface area is 170 Å². The lowest BCUT2D eigenvalue weighted by Crippen LogP contribution is -2.45. The first-order valence-corrected chi connectivity index (χ1v) is 11.4.